The molecule has 0 aromatic heterocycles. The van der Waals surface area contributed by atoms with Crippen LogP contribution in [0.2, 0.25) is 0 Å². The van der Waals surface area contributed by atoms with Crippen molar-refractivity contribution in [3.05, 3.63) is 29.3 Å². The van der Waals surface area contributed by atoms with E-state index < -0.39 is 0 Å². The molecule has 1 saturated carbocycles. The molecule has 0 bridgehead atoms. The van der Waals surface area contributed by atoms with Crippen LogP contribution in [0.5, 0.6) is 5.75 Å². The number of rotatable bonds is 5. The van der Waals surface area contributed by atoms with Crippen molar-refractivity contribution in [3.8, 4) is 5.75 Å². The molecule has 0 saturated heterocycles. The van der Waals surface area contributed by atoms with Crippen LogP contribution in [0.15, 0.2) is 18.2 Å². The van der Waals surface area contributed by atoms with Gasteiger partial charge in [-0.05, 0) is 61.2 Å². The minimum absolute atomic E-state index is 0.0348. The van der Waals surface area contributed by atoms with Crippen molar-refractivity contribution in [2.24, 2.45) is 0 Å². The van der Waals surface area contributed by atoms with Gasteiger partial charge in [0.1, 0.15) is 5.75 Å². The van der Waals surface area contributed by atoms with E-state index in [1.165, 1.54) is 68.9 Å². The van der Waals surface area contributed by atoms with Gasteiger partial charge in [0.2, 0.25) is 0 Å². The SMILES string of the molecule is Cc1cc(OCC(=O)NC(=S)NC2CCCCCCCCCCC2)ccc1C(C)C. The number of nitrogens with one attached hydrogen (secondary N) is 2. The van der Waals surface area contributed by atoms with Crippen molar-refractivity contribution < 1.29 is 9.53 Å². The summed E-state index contributed by atoms with van der Waals surface area (Å²) in [6.07, 6.45) is 14.1. The van der Waals surface area contributed by atoms with E-state index in [-0.39, 0.29) is 12.5 Å². The van der Waals surface area contributed by atoms with Crippen LogP contribution < -0.4 is 15.4 Å². The quantitative estimate of drug-likeness (QED) is 0.547. The van der Waals surface area contributed by atoms with E-state index in [4.69, 9.17) is 17.0 Å². The number of amides is 1. The first-order valence-electron chi connectivity index (χ1n) is 11.8. The summed E-state index contributed by atoms with van der Waals surface area (Å²) in [5.74, 6) is 0.970. The molecule has 0 aliphatic heterocycles. The van der Waals surface area contributed by atoms with E-state index in [1.54, 1.807) is 0 Å². The van der Waals surface area contributed by atoms with Crippen molar-refractivity contribution in [2.75, 3.05) is 6.61 Å². The highest BCUT2D eigenvalue weighted by Gasteiger charge is 2.13. The standard InChI is InChI=1S/C25H40N2O2S/c1-19(2)23-16-15-22(17-20(23)3)29-18-24(28)27-25(30)26-21-13-11-9-7-5-4-6-8-10-12-14-21/h15-17,19,21H,4-14,18H2,1-3H3,(H2,26,27,28,30). The highest BCUT2D eigenvalue weighted by molar-refractivity contribution is 7.80. The average molecular weight is 433 g/mol. The first-order chi connectivity index (χ1) is 14.5. The summed E-state index contributed by atoms with van der Waals surface area (Å²) in [7, 11) is 0. The highest BCUT2D eigenvalue weighted by atomic mass is 32.1. The number of ether oxygens (including phenoxy) is 1. The Morgan fingerprint density at radius 3 is 2.13 bits per heavy atom. The topological polar surface area (TPSA) is 50.4 Å². The minimum Gasteiger partial charge on any atom is -0.484 e. The Morgan fingerprint density at radius 1 is 1.03 bits per heavy atom. The van der Waals surface area contributed by atoms with E-state index >= 15 is 0 Å². The molecule has 0 atom stereocenters. The van der Waals surface area contributed by atoms with Gasteiger partial charge in [0.05, 0.1) is 0 Å². The van der Waals surface area contributed by atoms with Crippen LogP contribution >= 0.6 is 12.2 Å². The van der Waals surface area contributed by atoms with Gasteiger partial charge in [0, 0.05) is 6.04 Å². The van der Waals surface area contributed by atoms with Gasteiger partial charge in [-0.25, -0.2) is 0 Å². The molecule has 0 radical (unpaired) electrons. The predicted molar refractivity (Wildman–Crippen MR) is 129 cm³/mol. The Morgan fingerprint density at radius 2 is 1.60 bits per heavy atom. The van der Waals surface area contributed by atoms with Crippen molar-refractivity contribution in [1.82, 2.24) is 10.6 Å². The Bertz CT molecular complexity index is 663. The van der Waals surface area contributed by atoms with Gasteiger partial charge in [-0.1, -0.05) is 77.7 Å². The molecule has 5 heteroatoms. The molecule has 0 spiro atoms. The van der Waals surface area contributed by atoms with Crippen molar-refractivity contribution in [2.45, 2.75) is 103 Å². The molecule has 1 fully saturated rings. The largest absolute Gasteiger partial charge is 0.484 e. The lowest BCUT2D eigenvalue weighted by Gasteiger charge is -2.21. The maximum atomic E-state index is 12.3. The summed E-state index contributed by atoms with van der Waals surface area (Å²) in [5.41, 5.74) is 2.48. The average Bonchev–Trinajstić information content (AvgIpc) is 2.68. The Hall–Kier alpha value is -1.62. The van der Waals surface area contributed by atoms with Crippen LogP contribution in [0, 0.1) is 6.92 Å². The molecule has 1 aromatic rings. The number of hydrogen-bond acceptors (Lipinski definition) is 3. The smallest absolute Gasteiger partial charge is 0.264 e. The molecule has 1 aliphatic rings. The van der Waals surface area contributed by atoms with Gasteiger partial charge < -0.3 is 15.4 Å². The lowest BCUT2D eigenvalue weighted by molar-refractivity contribution is -0.121. The van der Waals surface area contributed by atoms with Crippen molar-refractivity contribution >= 4 is 23.2 Å². The Balaban J connectivity index is 1.75. The summed E-state index contributed by atoms with van der Waals surface area (Å²) >= 11 is 5.40. The summed E-state index contributed by atoms with van der Waals surface area (Å²) in [5, 5.41) is 6.58. The molecule has 2 N–H and O–H groups in total. The van der Waals surface area contributed by atoms with Gasteiger partial charge in [-0.15, -0.1) is 0 Å². The lowest BCUT2D eigenvalue weighted by atomic mass is 9.98. The second kappa shape index (κ2) is 13.6. The van der Waals surface area contributed by atoms with Gasteiger partial charge in [0.15, 0.2) is 11.7 Å². The number of thiocarbonyl (C=S) groups is 1. The normalized spacial score (nSPS) is 16.9. The predicted octanol–water partition coefficient (Wildman–Crippen LogP) is 6.16. The maximum absolute atomic E-state index is 12.3. The third-order valence-electron chi connectivity index (χ3n) is 5.93. The van der Waals surface area contributed by atoms with E-state index in [9.17, 15) is 4.79 Å². The van der Waals surface area contributed by atoms with Crippen molar-refractivity contribution in [1.29, 1.82) is 0 Å². The zero-order chi connectivity index (χ0) is 21.8. The van der Waals surface area contributed by atoms with Gasteiger partial charge in [-0.3, -0.25) is 4.79 Å². The molecule has 0 heterocycles. The number of aryl methyl sites for hydroxylation is 1. The number of hydrogen-bond donors (Lipinski definition) is 2. The van der Waals surface area contributed by atoms with Crippen LogP contribution in [0.1, 0.15) is 102 Å². The molecule has 1 aromatic carbocycles. The third-order valence-corrected chi connectivity index (χ3v) is 6.15. The van der Waals surface area contributed by atoms with E-state index in [0.29, 0.717) is 22.8 Å². The summed E-state index contributed by atoms with van der Waals surface area (Å²) < 4.78 is 5.67. The summed E-state index contributed by atoms with van der Waals surface area (Å²) in [6.45, 7) is 6.39. The second-order valence-corrected chi connectivity index (χ2v) is 9.35. The number of benzene rings is 1. The van der Waals surface area contributed by atoms with E-state index in [1.807, 2.05) is 12.1 Å². The molecule has 0 unspecified atom stereocenters. The number of carbonyl (C=O) groups excluding carboxylic acids is 1. The minimum atomic E-state index is -0.216. The molecule has 4 nitrogen and oxygen atoms in total. The fourth-order valence-electron chi connectivity index (χ4n) is 4.23. The van der Waals surface area contributed by atoms with Gasteiger partial charge >= 0.3 is 0 Å². The lowest BCUT2D eigenvalue weighted by Crippen LogP contribution is -2.45. The first kappa shape index (κ1) is 24.6. The molecular weight excluding hydrogens is 392 g/mol. The summed E-state index contributed by atoms with van der Waals surface area (Å²) in [4.78, 5) is 12.3. The first-order valence-corrected chi connectivity index (χ1v) is 12.2. The molecule has 1 aliphatic carbocycles. The second-order valence-electron chi connectivity index (χ2n) is 8.94. The molecule has 168 valence electrons. The zero-order valence-corrected chi connectivity index (χ0v) is 19.9. The fraction of sp³-hybridized carbons (Fsp3) is 0.680. The molecule has 30 heavy (non-hydrogen) atoms. The van der Waals surface area contributed by atoms with Gasteiger partial charge in [-0.2, -0.15) is 0 Å². The zero-order valence-electron chi connectivity index (χ0n) is 19.1. The third kappa shape index (κ3) is 9.46. The van der Waals surface area contributed by atoms with Crippen LogP contribution in [0.4, 0.5) is 0 Å². The Labute approximate surface area is 188 Å². The van der Waals surface area contributed by atoms with E-state index in [2.05, 4.69) is 37.5 Å². The monoisotopic (exact) mass is 432 g/mol. The van der Waals surface area contributed by atoms with Crippen LogP contribution in [-0.2, 0) is 4.79 Å². The van der Waals surface area contributed by atoms with Gasteiger partial charge in [0.25, 0.3) is 5.91 Å². The van der Waals surface area contributed by atoms with Crippen LogP contribution in [-0.4, -0.2) is 23.7 Å². The van der Waals surface area contributed by atoms with Crippen LogP contribution in [0.3, 0.4) is 0 Å². The maximum Gasteiger partial charge on any atom is 0.264 e. The summed E-state index contributed by atoms with van der Waals surface area (Å²) in [6, 6.07) is 6.34. The highest BCUT2D eigenvalue weighted by Crippen LogP contribution is 2.23. The molecular formula is C25H40N2O2S. The van der Waals surface area contributed by atoms with Crippen molar-refractivity contribution in [3.63, 3.8) is 0 Å². The van der Waals surface area contributed by atoms with Crippen LogP contribution in [0.25, 0.3) is 0 Å². The fourth-order valence-corrected chi connectivity index (χ4v) is 4.51. The molecule has 2 rings (SSSR count). The Kier molecular flexibility index (Phi) is 11.2. The van der Waals surface area contributed by atoms with E-state index in [0.717, 1.165) is 12.8 Å². The molecule has 1 amide bonds. The number of carbonyl (C=O) groups is 1.